The van der Waals surface area contributed by atoms with Crippen molar-refractivity contribution in [2.45, 2.75) is 12.7 Å². The molecule has 0 aromatic heterocycles. The van der Waals surface area contributed by atoms with E-state index in [-0.39, 0.29) is 12.5 Å². The van der Waals surface area contributed by atoms with Crippen molar-refractivity contribution in [3.05, 3.63) is 59.7 Å². The summed E-state index contributed by atoms with van der Waals surface area (Å²) in [4.78, 5) is 11.9. The van der Waals surface area contributed by atoms with Gasteiger partial charge in [0.1, 0.15) is 5.75 Å². The molecule has 2 rings (SSSR count). The van der Waals surface area contributed by atoms with E-state index in [1.54, 1.807) is 36.0 Å². The number of sulfonamides is 1. The van der Waals surface area contributed by atoms with E-state index in [0.717, 1.165) is 17.8 Å². The minimum Gasteiger partial charge on any atom is -0.484 e. The van der Waals surface area contributed by atoms with Crippen molar-refractivity contribution in [3.8, 4) is 5.75 Å². The largest absolute Gasteiger partial charge is 0.484 e. The number of hydrogen-bond acceptors (Lipinski definition) is 5. The number of rotatable bonds is 10. The number of nitrogens with one attached hydrogen (secondary N) is 1. The van der Waals surface area contributed by atoms with Crippen LogP contribution in [0.2, 0.25) is 0 Å². The third kappa shape index (κ3) is 7.44. The summed E-state index contributed by atoms with van der Waals surface area (Å²) < 4.78 is 29.6. The predicted octanol–water partition coefficient (Wildman–Crippen LogP) is 2.82. The number of nitrogens with zero attached hydrogens (tertiary/aromatic N) is 1. The molecule has 0 bridgehead atoms. The van der Waals surface area contributed by atoms with Crippen LogP contribution in [-0.4, -0.2) is 46.5 Å². The van der Waals surface area contributed by atoms with Gasteiger partial charge in [0, 0.05) is 25.1 Å². The molecule has 0 aliphatic heterocycles. The molecule has 152 valence electrons. The first-order valence-corrected chi connectivity index (χ1v) is 11.8. The monoisotopic (exact) mass is 422 g/mol. The highest BCUT2D eigenvalue weighted by Gasteiger charge is 2.11. The maximum atomic E-state index is 11.9. The lowest BCUT2D eigenvalue weighted by Crippen LogP contribution is -2.30. The highest BCUT2D eigenvalue weighted by atomic mass is 32.2. The summed E-state index contributed by atoms with van der Waals surface area (Å²) in [5.74, 6) is 2.07. The van der Waals surface area contributed by atoms with Gasteiger partial charge in [-0.2, -0.15) is 11.8 Å². The Morgan fingerprint density at radius 3 is 2.36 bits per heavy atom. The molecule has 0 spiro atoms. The van der Waals surface area contributed by atoms with Crippen LogP contribution in [0.3, 0.4) is 0 Å². The van der Waals surface area contributed by atoms with Crippen LogP contribution in [0, 0.1) is 6.92 Å². The fourth-order valence-corrected chi connectivity index (χ4v) is 3.60. The normalized spacial score (nSPS) is 11.1. The second-order valence-corrected chi connectivity index (χ2v) is 9.52. The number of amides is 1. The van der Waals surface area contributed by atoms with Gasteiger partial charge in [-0.25, -0.2) is 8.42 Å². The average molecular weight is 423 g/mol. The Balaban J connectivity index is 1.65. The molecule has 6 nitrogen and oxygen atoms in total. The molecule has 0 unspecified atom stereocenters. The van der Waals surface area contributed by atoms with Gasteiger partial charge in [-0.15, -0.1) is 0 Å². The number of aryl methyl sites for hydroxylation is 1. The second kappa shape index (κ2) is 10.4. The summed E-state index contributed by atoms with van der Waals surface area (Å²) in [7, 11) is -1.82. The first kappa shape index (κ1) is 22.1. The lowest BCUT2D eigenvalue weighted by molar-refractivity contribution is -0.122. The van der Waals surface area contributed by atoms with E-state index >= 15 is 0 Å². The molecule has 28 heavy (non-hydrogen) atoms. The first-order valence-electron chi connectivity index (χ1n) is 8.82. The van der Waals surface area contributed by atoms with Crippen molar-refractivity contribution in [1.82, 2.24) is 5.32 Å². The van der Waals surface area contributed by atoms with E-state index in [9.17, 15) is 13.2 Å². The van der Waals surface area contributed by atoms with E-state index in [4.69, 9.17) is 4.74 Å². The number of thioether (sulfide) groups is 1. The van der Waals surface area contributed by atoms with Crippen LogP contribution in [0.4, 0.5) is 5.69 Å². The lowest BCUT2D eigenvalue weighted by atomic mass is 10.2. The number of benzene rings is 2. The zero-order chi connectivity index (χ0) is 20.6. The van der Waals surface area contributed by atoms with Crippen LogP contribution >= 0.6 is 11.8 Å². The molecule has 1 amide bonds. The van der Waals surface area contributed by atoms with Crippen LogP contribution in [0.1, 0.15) is 11.1 Å². The van der Waals surface area contributed by atoms with Gasteiger partial charge in [0.15, 0.2) is 6.61 Å². The molecule has 0 saturated heterocycles. The highest BCUT2D eigenvalue weighted by molar-refractivity contribution is 7.98. The first-order chi connectivity index (χ1) is 13.3. The van der Waals surface area contributed by atoms with Gasteiger partial charge < -0.3 is 10.1 Å². The molecular formula is C20H26N2O4S2. The van der Waals surface area contributed by atoms with Crippen LogP contribution in [-0.2, 0) is 20.6 Å². The lowest BCUT2D eigenvalue weighted by Gasteiger charge is -2.16. The Morgan fingerprint density at radius 1 is 1.11 bits per heavy atom. The summed E-state index contributed by atoms with van der Waals surface area (Å²) >= 11 is 1.77. The van der Waals surface area contributed by atoms with Crippen molar-refractivity contribution in [1.29, 1.82) is 0 Å². The number of ether oxygens (including phenoxy) is 1. The number of carbonyl (C=O) groups excluding carboxylic acids is 1. The van der Waals surface area contributed by atoms with Crippen molar-refractivity contribution < 1.29 is 17.9 Å². The van der Waals surface area contributed by atoms with Gasteiger partial charge in [-0.1, -0.05) is 29.8 Å². The second-order valence-electron chi connectivity index (χ2n) is 6.40. The van der Waals surface area contributed by atoms with Gasteiger partial charge in [0.05, 0.1) is 11.9 Å². The smallest absolute Gasteiger partial charge is 0.257 e. The molecule has 1 N–H and O–H groups in total. The summed E-state index contributed by atoms with van der Waals surface area (Å²) in [6.07, 6.45) is 1.14. The Labute approximate surface area is 171 Å². The number of carbonyl (C=O) groups is 1. The SMILES string of the molecule is Cc1ccc(CSCCNC(=O)COc2ccc(N(C)S(C)(=O)=O)cc2)cc1. The third-order valence-electron chi connectivity index (χ3n) is 4.03. The summed E-state index contributed by atoms with van der Waals surface area (Å²) in [6.45, 7) is 2.57. The minimum absolute atomic E-state index is 0.0795. The zero-order valence-corrected chi connectivity index (χ0v) is 18.0. The highest BCUT2D eigenvalue weighted by Crippen LogP contribution is 2.20. The molecule has 0 aliphatic carbocycles. The standard InChI is InChI=1S/C20H26N2O4S2/c1-16-4-6-17(7-5-16)15-27-13-12-21-20(23)14-26-19-10-8-18(9-11-19)22(2)28(3,24)25/h4-11H,12-15H2,1-3H3,(H,21,23). The maximum Gasteiger partial charge on any atom is 0.257 e. The van der Waals surface area contributed by atoms with Crippen molar-refractivity contribution >= 4 is 33.4 Å². The molecule has 8 heteroatoms. The number of hydrogen-bond donors (Lipinski definition) is 1. The van der Waals surface area contributed by atoms with Gasteiger partial charge >= 0.3 is 0 Å². The van der Waals surface area contributed by atoms with E-state index < -0.39 is 10.0 Å². The summed E-state index contributed by atoms with van der Waals surface area (Å²) in [5.41, 5.74) is 3.05. The topological polar surface area (TPSA) is 75.7 Å². The molecule has 2 aromatic rings. The molecule has 0 radical (unpaired) electrons. The maximum absolute atomic E-state index is 11.9. The Morgan fingerprint density at radius 2 is 1.75 bits per heavy atom. The van der Waals surface area contributed by atoms with Crippen molar-refractivity contribution in [2.75, 3.05) is 36.5 Å². The van der Waals surface area contributed by atoms with Crippen LogP contribution in [0.5, 0.6) is 5.75 Å². The number of anilines is 1. The molecule has 0 atom stereocenters. The van der Waals surface area contributed by atoms with Gasteiger partial charge in [0.25, 0.3) is 5.91 Å². The third-order valence-corrected chi connectivity index (χ3v) is 6.26. The fourth-order valence-electron chi connectivity index (χ4n) is 2.28. The molecule has 0 aliphatic rings. The van der Waals surface area contributed by atoms with Gasteiger partial charge in [-0.3, -0.25) is 9.10 Å². The fraction of sp³-hybridized carbons (Fsp3) is 0.350. The quantitative estimate of drug-likeness (QED) is 0.596. The molecule has 0 saturated carbocycles. The molecule has 0 heterocycles. The Kier molecular flexibility index (Phi) is 8.19. The van der Waals surface area contributed by atoms with Gasteiger partial charge in [-0.05, 0) is 36.8 Å². The Hall–Kier alpha value is -2.19. The Bertz CT molecular complexity index is 866. The van der Waals surface area contributed by atoms with E-state index in [1.165, 1.54) is 22.5 Å². The van der Waals surface area contributed by atoms with Crippen molar-refractivity contribution in [3.63, 3.8) is 0 Å². The minimum atomic E-state index is -3.30. The van der Waals surface area contributed by atoms with E-state index in [1.807, 2.05) is 0 Å². The van der Waals surface area contributed by atoms with Crippen LogP contribution in [0.25, 0.3) is 0 Å². The zero-order valence-electron chi connectivity index (χ0n) is 16.3. The van der Waals surface area contributed by atoms with Crippen LogP contribution < -0.4 is 14.4 Å². The average Bonchev–Trinajstić information content (AvgIpc) is 2.66. The van der Waals surface area contributed by atoms with Gasteiger partial charge in [0.2, 0.25) is 10.0 Å². The summed E-state index contributed by atoms with van der Waals surface area (Å²) in [6, 6.07) is 15.0. The summed E-state index contributed by atoms with van der Waals surface area (Å²) in [5, 5.41) is 2.83. The van der Waals surface area contributed by atoms with Crippen LogP contribution in [0.15, 0.2) is 48.5 Å². The predicted molar refractivity (Wildman–Crippen MR) is 116 cm³/mol. The molecule has 2 aromatic carbocycles. The molecule has 0 fully saturated rings. The van der Waals surface area contributed by atoms with Crippen molar-refractivity contribution in [2.24, 2.45) is 0 Å². The van der Waals surface area contributed by atoms with E-state index in [0.29, 0.717) is 18.0 Å². The molecular weight excluding hydrogens is 396 g/mol. The van der Waals surface area contributed by atoms with E-state index in [2.05, 4.69) is 36.5 Å².